The van der Waals surface area contributed by atoms with Gasteiger partial charge >= 0.3 is 5.97 Å². The summed E-state index contributed by atoms with van der Waals surface area (Å²) < 4.78 is 18.0. The number of ether oxygens (including phenoxy) is 1. The van der Waals surface area contributed by atoms with Crippen LogP contribution in [0.25, 0.3) is 17.5 Å². The Hall–Kier alpha value is -4.57. The van der Waals surface area contributed by atoms with Gasteiger partial charge < -0.3 is 24.6 Å². The van der Waals surface area contributed by atoms with E-state index in [9.17, 15) is 14.4 Å². The summed E-state index contributed by atoms with van der Waals surface area (Å²) in [5.41, 5.74) is 6.57. The molecule has 1 aliphatic rings. The van der Waals surface area contributed by atoms with E-state index < -0.39 is 23.4 Å². The number of rotatable bonds is 6. The van der Waals surface area contributed by atoms with Gasteiger partial charge in [0.15, 0.2) is 0 Å². The number of nitrogens with two attached hydrogens (primary N) is 1. The van der Waals surface area contributed by atoms with Crippen molar-refractivity contribution in [3.63, 3.8) is 0 Å². The zero-order valence-electron chi connectivity index (χ0n) is 19.1. The van der Waals surface area contributed by atoms with Crippen molar-refractivity contribution in [1.29, 1.82) is 0 Å². The van der Waals surface area contributed by atoms with Gasteiger partial charge in [-0.2, -0.15) is 0 Å². The minimum Gasteiger partial charge on any atom is -0.468 e. The molecule has 1 unspecified atom stereocenters. The Morgan fingerprint density at radius 1 is 1.08 bits per heavy atom. The van der Waals surface area contributed by atoms with Crippen LogP contribution in [0.1, 0.15) is 24.4 Å². The van der Waals surface area contributed by atoms with Gasteiger partial charge in [-0.3, -0.25) is 14.2 Å². The van der Waals surface area contributed by atoms with Crippen LogP contribution in [0.15, 0.2) is 86.3 Å². The van der Waals surface area contributed by atoms with Gasteiger partial charge in [-0.25, -0.2) is 4.79 Å². The van der Waals surface area contributed by atoms with E-state index >= 15 is 0 Å². The third-order valence-electron chi connectivity index (χ3n) is 5.56. The molecule has 182 valence electrons. The highest BCUT2D eigenvalue weighted by molar-refractivity contribution is 7.07. The van der Waals surface area contributed by atoms with Crippen LogP contribution in [-0.4, -0.2) is 23.1 Å². The molecule has 10 heteroatoms. The van der Waals surface area contributed by atoms with E-state index in [-0.39, 0.29) is 32.8 Å². The molecule has 0 radical (unpaired) electrons. The number of carbonyl (C=O) groups excluding carboxylic acids is 2. The Labute approximate surface area is 208 Å². The molecule has 36 heavy (non-hydrogen) atoms. The summed E-state index contributed by atoms with van der Waals surface area (Å²) in [6.07, 6.45) is 4.49. The molecule has 1 aromatic carbocycles. The fourth-order valence-electron chi connectivity index (χ4n) is 4.04. The summed E-state index contributed by atoms with van der Waals surface area (Å²) in [5, 5.41) is 2.85. The van der Waals surface area contributed by atoms with E-state index in [1.165, 1.54) is 17.1 Å². The van der Waals surface area contributed by atoms with Gasteiger partial charge in [-0.05, 0) is 43.3 Å². The molecule has 3 N–H and O–H groups in total. The molecule has 1 amide bonds. The molecular weight excluding hydrogens is 482 g/mol. The lowest BCUT2D eigenvalue weighted by atomic mass is 9.86. The van der Waals surface area contributed by atoms with Crippen LogP contribution in [0, 0.1) is 0 Å². The van der Waals surface area contributed by atoms with Crippen molar-refractivity contribution in [2.45, 2.75) is 12.8 Å². The topological polar surface area (TPSA) is 130 Å². The van der Waals surface area contributed by atoms with Crippen LogP contribution in [0.4, 0.5) is 5.69 Å². The fourth-order valence-corrected chi connectivity index (χ4v) is 5.19. The highest BCUT2D eigenvalue weighted by Gasteiger charge is 2.40. The van der Waals surface area contributed by atoms with Crippen LogP contribution >= 0.6 is 11.3 Å². The molecule has 0 aliphatic carbocycles. The number of nitrogens with one attached hydrogen (secondary N) is 1. The lowest BCUT2D eigenvalue weighted by molar-refractivity contribution is -0.138. The molecule has 1 aliphatic heterocycles. The highest BCUT2D eigenvalue weighted by atomic mass is 32.1. The number of anilines is 1. The summed E-state index contributed by atoms with van der Waals surface area (Å²) in [6, 6.07) is 15.5. The summed E-state index contributed by atoms with van der Waals surface area (Å²) in [5.74, 6) is -1.63. The molecule has 0 spiro atoms. The maximum absolute atomic E-state index is 13.8. The molecule has 3 aromatic heterocycles. The number of esters is 1. The van der Waals surface area contributed by atoms with E-state index in [0.29, 0.717) is 17.2 Å². The van der Waals surface area contributed by atoms with Gasteiger partial charge in [0, 0.05) is 11.8 Å². The van der Waals surface area contributed by atoms with Crippen LogP contribution in [-0.2, 0) is 14.3 Å². The normalized spacial score (nSPS) is 15.6. The minimum atomic E-state index is -1.00. The molecule has 0 saturated heterocycles. The number of furan rings is 2. The minimum absolute atomic E-state index is 0.0537. The molecule has 4 heterocycles. The smallest absolute Gasteiger partial charge is 0.338 e. The number of amides is 1. The van der Waals surface area contributed by atoms with E-state index in [2.05, 4.69) is 5.32 Å². The SMILES string of the molecule is CCOC(=O)C1=C(N)n2c(s/c(=C\c3ccco3)c2=O)=C(C(=O)Nc2ccccc2)C1c1ccco1. The van der Waals surface area contributed by atoms with Crippen molar-refractivity contribution in [3.05, 3.63) is 104 Å². The zero-order chi connectivity index (χ0) is 25.2. The number of thiazole rings is 1. The van der Waals surface area contributed by atoms with Crippen LogP contribution < -0.4 is 25.8 Å². The van der Waals surface area contributed by atoms with Gasteiger partial charge in [-0.15, -0.1) is 11.3 Å². The van der Waals surface area contributed by atoms with Crippen molar-refractivity contribution < 1.29 is 23.2 Å². The number of benzene rings is 1. The van der Waals surface area contributed by atoms with Gasteiger partial charge in [0.1, 0.15) is 22.0 Å². The Morgan fingerprint density at radius 2 is 1.83 bits per heavy atom. The second-order valence-electron chi connectivity index (χ2n) is 7.77. The molecule has 0 fully saturated rings. The average Bonchev–Trinajstić information content (AvgIpc) is 3.63. The first kappa shape index (κ1) is 23.2. The average molecular weight is 504 g/mol. The molecule has 4 aromatic rings. The number of fused-ring (bicyclic) bond motifs is 1. The summed E-state index contributed by atoms with van der Waals surface area (Å²) in [7, 11) is 0. The molecule has 5 rings (SSSR count). The van der Waals surface area contributed by atoms with Crippen molar-refractivity contribution in [3.8, 4) is 0 Å². The van der Waals surface area contributed by atoms with Crippen LogP contribution in [0.3, 0.4) is 0 Å². The van der Waals surface area contributed by atoms with Gasteiger partial charge in [0.05, 0.1) is 40.7 Å². The quantitative estimate of drug-likeness (QED) is 0.386. The maximum atomic E-state index is 13.8. The summed E-state index contributed by atoms with van der Waals surface area (Å²) in [4.78, 5) is 40.4. The standard InChI is InChI=1S/C26H21N3O6S/c1-2-33-26(32)20-19(17-11-7-13-35-17)21(23(30)28-15-8-4-3-5-9-15)25-29(22(20)27)24(31)18(36-25)14-16-10-6-12-34-16/h3-14,19H,2,27H2,1H3,(H,28,30)/b18-14-. The fraction of sp³-hybridized carbons (Fsp3) is 0.115. The molecule has 0 saturated carbocycles. The van der Waals surface area contributed by atoms with Gasteiger partial charge in [-0.1, -0.05) is 18.2 Å². The Bertz CT molecular complexity index is 1630. The van der Waals surface area contributed by atoms with Crippen molar-refractivity contribution >= 4 is 46.4 Å². The molecule has 0 bridgehead atoms. The summed E-state index contributed by atoms with van der Waals surface area (Å²) >= 11 is 1.07. The van der Waals surface area contributed by atoms with Gasteiger partial charge in [0.25, 0.3) is 11.5 Å². The lowest BCUT2D eigenvalue weighted by Crippen LogP contribution is -2.42. The third-order valence-corrected chi connectivity index (χ3v) is 6.67. The Kier molecular flexibility index (Phi) is 6.17. The number of hydrogen-bond donors (Lipinski definition) is 2. The number of hydrogen-bond acceptors (Lipinski definition) is 8. The molecule has 1 atom stereocenters. The first-order chi connectivity index (χ1) is 17.5. The largest absolute Gasteiger partial charge is 0.468 e. The maximum Gasteiger partial charge on any atom is 0.338 e. The Balaban J connectivity index is 1.82. The van der Waals surface area contributed by atoms with Crippen molar-refractivity contribution in [2.75, 3.05) is 11.9 Å². The van der Waals surface area contributed by atoms with Crippen LogP contribution in [0.2, 0.25) is 0 Å². The van der Waals surface area contributed by atoms with E-state index in [1.54, 1.807) is 61.5 Å². The number of nitrogens with zero attached hydrogens (tertiary/aromatic N) is 1. The van der Waals surface area contributed by atoms with E-state index in [1.807, 2.05) is 6.07 Å². The number of carbonyl (C=O) groups is 2. The Morgan fingerprint density at radius 3 is 2.50 bits per heavy atom. The first-order valence-electron chi connectivity index (χ1n) is 11.1. The molecular formula is C26H21N3O6S. The van der Waals surface area contributed by atoms with Crippen molar-refractivity contribution in [2.24, 2.45) is 5.73 Å². The van der Waals surface area contributed by atoms with Gasteiger partial charge in [0.2, 0.25) is 0 Å². The zero-order valence-corrected chi connectivity index (χ0v) is 19.9. The van der Waals surface area contributed by atoms with Crippen molar-refractivity contribution in [1.82, 2.24) is 4.57 Å². The predicted molar refractivity (Wildman–Crippen MR) is 134 cm³/mol. The highest BCUT2D eigenvalue weighted by Crippen LogP contribution is 2.37. The second kappa shape index (κ2) is 9.59. The predicted octanol–water partition coefficient (Wildman–Crippen LogP) is 2.20. The monoisotopic (exact) mass is 503 g/mol. The number of para-hydroxylation sites is 1. The third kappa shape index (κ3) is 4.07. The van der Waals surface area contributed by atoms with Crippen LogP contribution in [0.5, 0.6) is 0 Å². The lowest BCUT2D eigenvalue weighted by Gasteiger charge is -2.25. The summed E-state index contributed by atoms with van der Waals surface area (Å²) in [6.45, 7) is 1.74. The number of aromatic nitrogens is 1. The first-order valence-corrected chi connectivity index (χ1v) is 11.9. The van der Waals surface area contributed by atoms with E-state index in [0.717, 1.165) is 11.3 Å². The second-order valence-corrected chi connectivity index (χ2v) is 8.80. The molecule has 9 nitrogen and oxygen atoms in total. The van der Waals surface area contributed by atoms with E-state index in [4.69, 9.17) is 19.3 Å².